The number of nitrogens with zero attached hydrogens (tertiary/aromatic N) is 1. The molecule has 4 rings (SSSR count). The summed E-state index contributed by atoms with van der Waals surface area (Å²) in [5.74, 6) is -0.558. The molecule has 2 atom stereocenters. The molecule has 176 valence electrons. The van der Waals surface area contributed by atoms with Crippen molar-refractivity contribution in [2.24, 2.45) is 5.92 Å². The molecule has 2 heterocycles. The van der Waals surface area contributed by atoms with E-state index in [2.05, 4.69) is 10.6 Å². The summed E-state index contributed by atoms with van der Waals surface area (Å²) in [6.45, 7) is 5.81. The van der Waals surface area contributed by atoms with Gasteiger partial charge in [-0.05, 0) is 62.4 Å². The normalized spacial score (nSPS) is 21.0. The third-order valence-electron chi connectivity index (χ3n) is 6.18. The van der Waals surface area contributed by atoms with E-state index in [9.17, 15) is 18.0 Å². The zero-order valence-electron chi connectivity index (χ0n) is 19.1. The van der Waals surface area contributed by atoms with Crippen LogP contribution in [0.4, 0.5) is 11.4 Å². The van der Waals surface area contributed by atoms with Gasteiger partial charge in [-0.2, -0.15) is 4.31 Å². The van der Waals surface area contributed by atoms with E-state index in [1.54, 1.807) is 19.9 Å². The molecule has 0 bridgehead atoms. The first-order chi connectivity index (χ1) is 15.7. The van der Waals surface area contributed by atoms with Gasteiger partial charge in [0.15, 0.2) is 6.10 Å². The van der Waals surface area contributed by atoms with E-state index in [-0.39, 0.29) is 23.3 Å². The highest BCUT2D eigenvalue weighted by molar-refractivity contribution is 7.89. The molecule has 1 saturated heterocycles. The number of hydrogen-bond acceptors (Lipinski definition) is 5. The molecule has 0 aromatic heterocycles. The van der Waals surface area contributed by atoms with Crippen LogP contribution in [0.15, 0.2) is 41.3 Å². The maximum Gasteiger partial charge on any atom is 0.265 e. The van der Waals surface area contributed by atoms with Crippen LogP contribution in [0, 0.1) is 12.8 Å². The van der Waals surface area contributed by atoms with Gasteiger partial charge in [0.1, 0.15) is 5.75 Å². The van der Waals surface area contributed by atoms with Gasteiger partial charge < -0.3 is 15.4 Å². The van der Waals surface area contributed by atoms with Crippen LogP contribution in [0.1, 0.15) is 37.8 Å². The largest absolute Gasteiger partial charge is 0.479 e. The van der Waals surface area contributed by atoms with Crippen molar-refractivity contribution in [1.29, 1.82) is 0 Å². The number of sulfonamides is 1. The Balaban J connectivity index is 1.53. The highest BCUT2D eigenvalue weighted by Gasteiger charge is 2.35. The second kappa shape index (κ2) is 9.15. The summed E-state index contributed by atoms with van der Waals surface area (Å²) in [5.41, 5.74) is 2.81. The lowest BCUT2D eigenvalue weighted by atomic mass is 9.98. The Morgan fingerprint density at radius 1 is 1.27 bits per heavy atom. The first-order valence-electron chi connectivity index (χ1n) is 11.2. The van der Waals surface area contributed by atoms with Crippen molar-refractivity contribution < 1.29 is 22.7 Å². The molecule has 33 heavy (non-hydrogen) atoms. The van der Waals surface area contributed by atoms with E-state index in [0.29, 0.717) is 36.4 Å². The molecule has 2 aliphatic heterocycles. The van der Waals surface area contributed by atoms with E-state index in [1.807, 2.05) is 31.2 Å². The Kier molecular flexibility index (Phi) is 6.45. The number of ether oxygens (including phenoxy) is 1. The van der Waals surface area contributed by atoms with E-state index in [0.717, 1.165) is 17.7 Å². The van der Waals surface area contributed by atoms with Crippen molar-refractivity contribution in [3.05, 3.63) is 47.5 Å². The second-order valence-electron chi connectivity index (χ2n) is 8.61. The van der Waals surface area contributed by atoms with Crippen LogP contribution in [0.25, 0.3) is 0 Å². The second-order valence-corrected chi connectivity index (χ2v) is 10.5. The summed E-state index contributed by atoms with van der Waals surface area (Å²) in [7, 11) is -3.85. The number of rotatable bonds is 5. The summed E-state index contributed by atoms with van der Waals surface area (Å²) < 4.78 is 34.0. The molecule has 8 nitrogen and oxygen atoms in total. The van der Waals surface area contributed by atoms with Crippen LogP contribution >= 0.6 is 0 Å². The first-order valence-corrected chi connectivity index (χ1v) is 12.6. The van der Waals surface area contributed by atoms with Crippen molar-refractivity contribution in [3.63, 3.8) is 0 Å². The van der Waals surface area contributed by atoms with Gasteiger partial charge in [-0.25, -0.2) is 8.42 Å². The maximum absolute atomic E-state index is 13.5. The Bertz CT molecular complexity index is 1190. The van der Waals surface area contributed by atoms with Crippen LogP contribution in [0.5, 0.6) is 5.75 Å². The molecule has 0 spiro atoms. The molecule has 2 N–H and O–H groups in total. The zero-order chi connectivity index (χ0) is 23.8. The average molecular weight is 472 g/mol. The summed E-state index contributed by atoms with van der Waals surface area (Å²) in [4.78, 5) is 24.9. The predicted octanol–water partition coefficient (Wildman–Crippen LogP) is 3.32. The summed E-state index contributed by atoms with van der Waals surface area (Å²) in [6.07, 6.45) is 1.39. The Morgan fingerprint density at radius 3 is 2.82 bits per heavy atom. The Labute approximate surface area is 194 Å². The Hall–Kier alpha value is -2.91. The lowest BCUT2D eigenvalue weighted by Crippen LogP contribution is -2.44. The van der Waals surface area contributed by atoms with E-state index in [1.165, 1.54) is 10.4 Å². The molecule has 2 aliphatic rings. The number of piperidine rings is 1. The third-order valence-corrected chi connectivity index (χ3v) is 8.19. The van der Waals surface area contributed by atoms with Gasteiger partial charge in [-0.15, -0.1) is 0 Å². The van der Waals surface area contributed by atoms with Crippen molar-refractivity contribution >= 4 is 33.2 Å². The smallest absolute Gasteiger partial charge is 0.265 e. The number of carbonyl (C=O) groups excluding carboxylic acids is 2. The summed E-state index contributed by atoms with van der Waals surface area (Å²) in [5, 5.41) is 5.68. The van der Waals surface area contributed by atoms with Crippen molar-refractivity contribution in [1.82, 2.24) is 4.31 Å². The number of anilines is 2. The monoisotopic (exact) mass is 471 g/mol. The molecule has 2 amide bonds. The van der Waals surface area contributed by atoms with Crippen molar-refractivity contribution in [2.75, 3.05) is 23.7 Å². The fourth-order valence-electron chi connectivity index (χ4n) is 4.25. The molecular weight excluding hydrogens is 442 g/mol. The fraction of sp³-hybridized carbons (Fsp3) is 0.417. The number of nitrogens with one attached hydrogen (secondary N) is 2. The van der Waals surface area contributed by atoms with Gasteiger partial charge in [0, 0.05) is 24.8 Å². The number of benzene rings is 2. The Morgan fingerprint density at radius 2 is 2.06 bits per heavy atom. The summed E-state index contributed by atoms with van der Waals surface area (Å²) >= 11 is 0. The van der Waals surface area contributed by atoms with Crippen molar-refractivity contribution in [3.8, 4) is 5.75 Å². The van der Waals surface area contributed by atoms with Gasteiger partial charge in [0.05, 0.1) is 16.5 Å². The van der Waals surface area contributed by atoms with Gasteiger partial charge in [-0.1, -0.05) is 19.1 Å². The molecule has 0 unspecified atom stereocenters. The number of fused-ring (bicyclic) bond motifs is 1. The average Bonchev–Trinajstić information content (AvgIpc) is 2.80. The lowest BCUT2D eigenvalue weighted by molar-refractivity contribution is -0.123. The molecule has 2 aromatic carbocycles. The molecule has 2 aromatic rings. The zero-order valence-corrected chi connectivity index (χ0v) is 19.9. The SMILES string of the molecule is CCc1cccc(NC(=O)[C@@H]2CCCN(S(=O)(=O)c3cc4c(cc3C)NC(=O)[C@H](C)O4)C2)c1. The lowest BCUT2D eigenvalue weighted by Gasteiger charge is -2.32. The minimum absolute atomic E-state index is 0.117. The molecule has 0 saturated carbocycles. The topological polar surface area (TPSA) is 105 Å². The third kappa shape index (κ3) is 4.74. The van der Waals surface area contributed by atoms with E-state index >= 15 is 0 Å². The first kappa shape index (κ1) is 23.3. The quantitative estimate of drug-likeness (QED) is 0.696. The van der Waals surface area contributed by atoms with E-state index < -0.39 is 22.0 Å². The van der Waals surface area contributed by atoms with Gasteiger partial charge in [0.25, 0.3) is 5.91 Å². The molecule has 0 radical (unpaired) electrons. The minimum Gasteiger partial charge on any atom is -0.479 e. The highest BCUT2D eigenvalue weighted by atomic mass is 32.2. The number of aryl methyl sites for hydroxylation is 2. The van der Waals surface area contributed by atoms with Crippen LogP contribution in [0.3, 0.4) is 0 Å². The van der Waals surface area contributed by atoms with Crippen LogP contribution in [-0.4, -0.2) is 43.7 Å². The standard InChI is InChI=1S/C24H29N3O5S/c1-4-17-7-5-9-19(12-17)25-24(29)18-8-6-10-27(14-18)33(30,31)22-13-21-20(11-15(22)2)26-23(28)16(3)32-21/h5,7,9,11-13,16,18H,4,6,8,10,14H2,1-3H3,(H,25,29)(H,26,28)/t16-,18+/m0/s1. The van der Waals surface area contributed by atoms with E-state index in [4.69, 9.17) is 4.74 Å². The van der Waals surface area contributed by atoms with Crippen LogP contribution in [0.2, 0.25) is 0 Å². The predicted molar refractivity (Wildman–Crippen MR) is 126 cm³/mol. The van der Waals surface area contributed by atoms with Crippen molar-refractivity contribution in [2.45, 2.75) is 51.0 Å². The maximum atomic E-state index is 13.5. The number of amides is 2. The van der Waals surface area contributed by atoms with Gasteiger partial charge in [0.2, 0.25) is 15.9 Å². The summed E-state index contributed by atoms with van der Waals surface area (Å²) in [6, 6.07) is 10.8. The van der Waals surface area contributed by atoms with Gasteiger partial charge >= 0.3 is 0 Å². The van der Waals surface area contributed by atoms with Crippen LogP contribution in [-0.2, 0) is 26.0 Å². The molecule has 1 fully saturated rings. The van der Waals surface area contributed by atoms with Gasteiger partial charge in [-0.3, -0.25) is 9.59 Å². The number of carbonyl (C=O) groups is 2. The molecule has 9 heteroatoms. The molecule has 0 aliphatic carbocycles. The number of hydrogen-bond donors (Lipinski definition) is 2. The minimum atomic E-state index is -3.85. The van der Waals surface area contributed by atoms with Crippen LogP contribution < -0.4 is 15.4 Å². The molecular formula is C24H29N3O5S. The fourth-order valence-corrected chi connectivity index (χ4v) is 5.99. The highest BCUT2D eigenvalue weighted by Crippen LogP contribution is 2.36.